The van der Waals surface area contributed by atoms with Crippen molar-refractivity contribution in [3.8, 4) is 0 Å². The first kappa shape index (κ1) is 20.9. The second-order valence-electron chi connectivity index (χ2n) is 6.89. The number of rotatable bonds is 7. The minimum Gasteiger partial charge on any atom is -0.295 e. The van der Waals surface area contributed by atoms with Gasteiger partial charge in [0.2, 0.25) is 10.3 Å². The van der Waals surface area contributed by atoms with E-state index in [1.807, 2.05) is 63.6 Å². The molecular weight excluding hydrogens is 469 g/mol. The van der Waals surface area contributed by atoms with E-state index in [9.17, 15) is 0 Å². The van der Waals surface area contributed by atoms with Gasteiger partial charge < -0.3 is 0 Å². The molecule has 0 unspecified atom stereocenters. The molecule has 2 aromatic heterocycles. The molecular formula is C19H20N8S4. The van der Waals surface area contributed by atoms with Gasteiger partial charge in [-0.05, 0) is 30.2 Å². The van der Waals surface area contributed by atoms with Crippen molar-refractivity contribution in [3.05, 3.63) is 69.8 Å². The Hall–Kier alpha value is -2.02. The third kappa shape index (κ3) is 4.61. The maximum atomic E-state index is 4.39. The fourth-order valence-electron chi connectivity index (χ4n) is 3.00. The number of aromatic nitrogens is 6. The molecule has 0 bridgehead atoms. The Bertz CT molecular complexity index is 1070. The standard InChI is InChI=1S/C19H20N8S4/c1-12-8-30-18-22-20-15(26(18)24-12)10-28-17(14-6-4-3-5-7-14)29-11-16-21-23-19-27(16)25-13(2)9-31-19/h3-9,17,24-25H,10-11H2,1-2H3. The van der Waals surface area contributed by atoms with E-state index in [0.29, 0.717) is 0 Å². The van der Waals surface area contributed by atoms with Crippen LogP contribution in [-0.2, 0) is 11.5 Å². The van der Waals surface area contributed by atoms with E-state index in [2.05, 4.69) is 55.5 Å². The zero-order chi connectivity index (χ0) is 21.2. The summed E-state index contributed by atoms with van der Waals surface area (Å²) in [5.41, 5.74) is 10.1. The molecule has 0 saturated carbocycles. The molecule has 0 fully saturated rings. The Labute approximate surface area is 197 Å². The number of benzene rings is 1. The van der Waals surface area contributed by atoms with Crippen LogP contribution in [0.3, 0.4) is 0 Å². The lowest BCUT2D eigenvalue weighted by Crippen LogP contribution is -2.19. The van der Waals surface area contributed by atoms with Crippen LogP contribution in [0.2, 0.25) is 0 Å². The summed E-state index contributed by atoms with van der Waals surface area (Å²) in [5.74, 6) is 3.32. The van der Waals surface area contributed by atoms with Gasteiger partial charge in [0, 0.05) is 11.4 Å². The third-order valence-corrected chi connectivity index (χ3v) is 9.17. The van der Waals surface area contributed by atoms with Crippen molar-refractivity contribution in [1.82, 2.24) is 29.7 Å². The molecule has 31 heavy (non-hydrogen) atoms. The minimum atomic E-state index is 0.225. The molecule has 2 aliphatic rings. The van der Waals surface area contributed by atoms with Crippen molar-refractivity contribution < 1.29 is 0 Å². The Morgan fingerprint density at radius 3 is 1.84 bits per heavy atom. The lowest BCUT2D eigenvalue weighted by atomic mass is 10.2. The van der Waals surface area contributed by atoms with Gasteiger partial charge in [0.1, 0.15) is 0 Å². The maximum Gasteiger partial charge on any atom is 0.214 e. The highest BCUT2D eigenvalue weighted by molar-refractivity contribution is 8.15. The lowest BCUT2D eigenvalue weighted by molar-refractivity contribution is 0.769. The Kier molecular flexibility index (Phi) is 6.21. The van der Waals surface area contributed by atoms with Gasteiger partial charge in [-0.2, -0.15) is 0 Å². The van der Waals surface area contributed by atoms with Crippen molar-refractivity contribution in [3.63, 3.8) is 0 Å². The summed E-state index contributed by atoms with van der Waals surface area (Å²) in [4.78, 5) is 0. The van der Waals surface area contributed by atoms with E-state index in [1.54, 1.807) is 23.5 Å². The molecule has 1 aromatic carbocycles. The quantitative estimate of drug-likeness (QED) is 0.454. The summed E-state index contributed by atoms with van der Waals surface area (Å²) in [7, 11) is 0. The number of nitrogens with zero attached hydrogens (tertiary/aromatic N) is 6. The molecule has 2 N–H and O–H groups in total. The highest BCUT2D eigenvalue weighted by atomic mass is 32.2. The zero-order valence-electron chi connectivity index (χ0n) is 16.8. The maximum absolute atomic E-state index is 4.39. The van der Waals surface area contributed by atoms with Gasteiger partial charge in [-0.3, -0.25) is 10.9 Å². The van der Waals surface area contributed by atoms with Crippen LogP contribution >= 0.6 is 47.0 Å². The van der Waals surface area contributed by atoms with Crippen LogP contribution in [0, 0.1) is 0 Å². The molecule has 160 valence electrons. The summed E-state index contributed by atoms with van der Waals surface area (Å²) < 4.78 is 4.18. The molecule has 8 nitrogen and oxygen atoms in total. The van der Waals surface area contributed by atoms with Crippen LogP contribution in [0.5, 0.6) is 0 Å². The van der Waals surface area contributed by atoms with Crippen molar-refractivity contribution in [2.24, 2.45) is 0 Å². The number of nitrogens with one attached hydrogen (secondary N) is 2. The fourth-order valence-corrected chi connectivity index (χ4v) is 6.83. The first-order valence-electron chi connectivity index (χ1n) is 9.55. The molecule has 2 aliphatic heterocycles. The van der Waals surface area contributed by atoms with Crippen LogP contribution in [0.1, 0.15) is 35.6 Å². The van der Waals surface area contributed by atoms with Crippen molar-refractivity contribution >= 4 is 47.0 Å². The summed E-state index contributed by atoms with van der Waals surface area (Å²) >= 11 is 6.86. The molecule has 0 radical (unpaired) electrons. The molecule has 5 rings (SSSR count). The van der Waals surface area contributed by atoms with E-state index in [1.165, 1.54) is 5.56 Å². The van der Waals surface area contributed by atoms with Crippen molar-refractivity contribution in [2.75, 3.05) is 10.9 Å². The van der Waals surface area contributed by atoms with Crippen molar-refractivity contribution in [1.29, 1.82) is 0 Å². The normalized spacial score (nSPS) is 14.9. The number of fused-ring (bicyclic) bond motifs is 2. The van der Waals surface area contributed by atoms with Crippen LogP contribution < -0.4 is 10.9 Å². The molecule has 0 atom stereocenters. The van der Waals surface area contributed by atoms with Gasteiger partial charge in [-0.15, -0.1) is 43.9 Å². The van der Waals surface area contributed by atoms with Gasteiger partial charge >= 0.3 is 0 Å². The first-order valence-corrected chi connectivity index (χ1v) is 13.4. The second-order valence-corrected chi connectivity index (χ2v) is 11.1. The molecule has 0 amide bonds. The van der Waals surface area contributed by atoms with E-state index < -0.39 is 0 Å². The Morgan fingerprint density at radius 1 is 0.806 bits per heavy atom. The van der Waals surface area contributed by atoms with E-state index in [-0.39, 0.29) is 4.58 Å². The molecule has 0 spiro atoms. The Morgan fingerprint density at radius 2 is 1.32 bits per heavy atom. The Balaban J connectivity index is 1.30. The van der Waals surface area contributed by atoms with Gasteiger partial charge in [0.15, 0.2) is 11.6 Å². The SMILES string of the molecule is CC1=CSc2nnc(CSC(SCc3nnc4n3NC(C)=CS4)c3ccccc3)n2N1. The predicted octanol–water partition coefficient (Wildman–Crippen LogP) is 4.76. The summed E-state index contributed by atoms with van der Waals surface area (Å²) in [6.45, 7) is 4.08. The monoisotopic (exact) mass is 488 g/mol. The largest absolute Gasteiger partial charge is 0.295 e. The molecule has 12 heteroatoms. The molecule has 4 heterocycles. The number of hydrogen-bond donors (Lipinski definition) is 2. The lowest BCUT2D eigenvalue weighted by Gasteiger charge is -2.20. The number of thioether (sulfide) groups is 4. The summed E-state index contributed by atoms with van der Waals surface area (Å²) in [6.07, 6.45) is 0. The van der Waals surface area contributed by atoms with Crippen LogP contribution in [0.25, 0.3) is 0 Å². The van der Waals surface area contributed by atoms with Gasteiger partial charge in [0.05, 0.1) is 16.1 Å². The molecule has 0 aliphatic carbocycles. The number of hydrogen-bond acceptors (Lipinski definition) is 10. The third-order valence-electron chi connectivity index (χ3n) is 4.46. The minimum absolute atomic E-state index is 0.225. The van der Waals surface area contributed by atoms with Crippen LogP contribution in [-0.4, -0.2) is 29.7 Å². The fraction of sp³-hybridized carbons (Fsp3) is 0.263. The van der Waals surface area contributed by atoms with E-state index in [4.69, 9.17) is 0 Å². The first-order chi connectivity index (χ1) is 15.2. The second kappa shape index (κ2) is 9.23. The zero-order valence-corrected chi connectivity index (χ0v) is 20.1. The average Bonchev–Trinajstić information content (AvgIpc) is 3.38. The molecule has 0 saturated heterocycles. The van der Waals surface area contributed by atoms with Gasteiger partial charge in [0.25, 0.3) is 0 Å². The average molecular weight is 489 g/mol. The summed E-state index contributed by atoms with van der Waals surface area (Å²) in [5, 5.41) is 23.2. The van der Waals surface area contributed by atoms with Gasteiger partial charge in [-0.25, -0.2) is 9.35 Å². The van der Waals surface area contributed by atoms with Crippen molar-refractivity contribution in [2.45, 2.75) is 40.2 Å². The number of allylic oxidation sites excluding steroid dienone is 2. The highest BCUT2D eigenvalue weighted by Gasteiger charge is 2.21. The van der Waals surface area contributed by atoms with E-state index in [0.717, 1.165) is 44.9 Å². The summed E-state index contributed by atoms with van der Waals surface area (Å²) in [6, 6.07) is 10.6. The van der Waals surface area contributed by atoms with Crippen LogP contribution in [0.4, 0.5) is 0 Å². The predicted molar refractivity (Wildman–Crippen MR) is 130 cm³/mol. The van der Waals surface area contributed by atoms with Crippen LogP contribution in [0.15, 0.2) is 62.9 Å². The van der Waals surface area contributed by atoms with Gasteiger partial charge in [-0.1, -0.05) is 53.9 Å². The van der Waals surface area contributed by atoms with E-state index >= 15 is 0 Å². The molecule has 3 aromatic rings. The topological polar surface area (TPSA) is 85.5 Å². The smallest absolute Gasteiger partial charge is 0.214 e. The highest BCUT2D eigenvalue weighted by Crippen LogP contribution is 2.43.